The Bertz CT molecular complexity index is 695. The molecule has 2 nitrogen and oxygen atoms in total. The molecule has 0 spiro atoms. The van der Waals surface area contributed by atoms with Crippen LogP contribution < -0.4 is 5.32 Å². The molecule has 1 N–H and O–H groups in total. The summed E-state index contributed by atoms with van der Waals surface area (Å²) in [6.45, 7) is 0. The van der Waals surface area contributed by atoms with E-state index in [1.807, 2.05) is 48.7 Å². The largest absolute Gasteiger partial charge is 0.355 e. The molecular formula is C15H11BrN2. The molecule has 0 aliphatic carbocycles. The van der Waals surface area contributed by atoms with Crippen LogP contribution in [0.1, 0.15) is 0 Å². The first-order valence-electron chi connectivity index (χ1n) is 5.69. The van der Waals surface area contributed by atoms with Crippen LogP contribution in [0.15, 0.2) is 65.3 Å². The molecule has 0 fully saturated rings. The molecule has 1 aromatic heterocycles. The number of nitrogens with one attached hydrogen (secondary N) is 1. The first kappa shape index (κ1) is 11.2. The van der Waals surface area contributed by atoms with Crippen LogP contribution >= 0.6 is 15.9 Å². The van der Waals surface area contributed by atoms with E-state index in [1.165, 1.54) is 0 Å². The van der Waals surface area contributed by atoms with Crippen LogP contribution in [0.5, 0.6) is 0 Å². The van der Waals surface area contributed by atoms with E-state index in [-0.39, 0.29) is 0 Å². The van der Waals surface area contributed by atoms with Crippen molar-refractivity contribution >= 4 is 38.2 Å². The summed E-state index contributed by atoms with van der Waals surface area (Å²) in [6, 6.07) is 18.3. The van der Waals surface area contributed by atoms with Crippen LogP contribution in [-0.2, 0) is 0 Å². The lowest BCUT2D eigenvalue weighted by atomic mass is 10.2. The van der Waals surface area contributed by atoms with Crippen LogP contribution in [0.4, 0.5) is 11.4 Å². The summed E-state index contributed by atoms with van der Waals surface area (Å²) in [6.07, 6.45) is 1.81. The maximum Gasteiger partial charge on any atom is 0.0703 e. The van der Waals surface area contributed by atoms with Crippen LogP contribution in [0.3, 0.4) is 0 Å². The smallest absolute Gasteiger partial charge is 0.0703 e. The number of hydrogen-bond acceptors (Lipinski definition) is 2. The highest BCUT2D eigenvalue weighted by molar-refractivity contribution is 9.10. The normalized spacial score (nSPS) is 10.5. The topological polar surface area (TPSA) is 24.9 Å². The third kappa shape index (κ3) is 2.36. The Kier molecular flexibility index (Phi) is 2.99. The van der Waals surface area contributed by atoms with Gasteiger partial charge < -0.3 is 5.32 Å². The van der Waals surface area contributed by atoms with Gasteiger partial charge in [0.2, 0.25) is 0 Å². The number of hydrogen-bond donors (Lipinski definition) is 1. The first-order valence-corrected chi connectivity index (χ1v) is 6.48. The fraction of sp³-hybridized carbons (Fsp3) is 0. The molecule has 3 heteroatoms. The predicted molar refractivity (Wildman–Crippen MR) is 79.2 cm³/mol. The number of halogens is 1. The lowest BCUT2D eigenvalue weighted by Gasteiger charge is -2.07. The van der Waals surface area contributed by atoms with Gasteiger partial charge in [-0.25, -0.2) is 0 Å². The van der Waals surface area contributed by atoms with E-state index < -0.39 is 0 Å². The van der Waals surface area contributed by atoms with Crippen molar-refractivity contribution in [3.8, 4) is 0 Å². The zero-order chi connectivity index (χ0) is 12.4. The molecule has 0 saturated carbocycles. The Morgan fingerprint density at radius 2 is 1.78 bits per heavy atom. The molecule has 0 unspecified atom stereocenters. The number of pyridine rings is 1. The van der Waals surface area contributed by atoms with Crippen molar-refractivity contribution in [1.82, 2.24) is 4.98 Å². The minimum absolute atomic E-state index is 1.01. The van der Waals surface area contributed by atoms with Crippen LogP contribution in [-0.4, -0.2) is 4.98 Å². The van der Waals surface area contributed by atoms with Gasteiger partial charge in [0, 0.05) is 27.4 Å². The third-order valence-corrected chi connectivity index (χ3v) is 3.21. The van der Waals surface area contributed by atoms with E-state index in [4.69, 9.17) is 0 Å². The predicted octanol–water partition coefficient (Wildman–Crippen LogP) is 4.74. The van der Waals surface area contributed by atoms with Crippen LogP contribution in [0.25, 0.3) is 10.9 Å². The molecule has 0 bridgehead atoms. The van der Waals surface area contributed by atoms with E-state index in [1.54, 1.807) is 0 Å². The van der Waals surface area contributed by atoms with Gasteiger partial charge in [0.25, 0.3) is 0 Å². The van der Waals surface area contributed by atoms with E-state index in [9.17, 15) is 0 Å². The SMILES string of the molecule is Brc1cccc(Nc2ccc3ncccc3c2)c1. The van der Waals surface area contributed by atoms with Crippen molar-refractivity contribution in [3.63, 3.8) is 0 Å². The lowest BCUT2D eigenvalue weighted by molar-refractivity contribution is 1.41. The molecule has 3 aromatic rings. The number of rotatable bonds is 2. The fourth-order valence-electron chi connectivity index (χ4n) is 1.89. The summed E-state index contributed by atoms with van der Waals surface area (Å²) >= 11 is 3.47. The molecule has 2 aromatic carbocycles. The molecule has 3 rings (SSSR count). The minimum atomic E-state index is 1.01. The number of benzene rings is 2. The summed E-state index contributed by atoms with van der Waals surface area (Å²) in [7, 11) is 0. The Balaban J connectivity index is 1.95. The van der Waals surface area contributed by atoms with Crippen LogP contribution in [0, 0.1) is 0 Å². The zero-order valence-corrected chi connectivity index (χ0v) is 11.2. The summed E-state index contributed by atoms with van der Waals surface area (Å²) < 4.78 is 1.06. The van der Waals surface area contributed by atoms with Crippen molar-refractivity contribution in [1.29, 1.82) is 0 Å². The second kappa shape index (κ2) is 4.78. The highest BCUT2D eigenvalue weighted by atomic mass is 79.9. The maximum absolute atomic E-state index is 4.31. The summed E-state index contributed by atoms with van der Waals surface area (Å²) in [5.41, 5.74) is 3.14. The Labute approximate surface area is 114 Å². The molecule has 18 heavy (non-hydrogen) atoms. The first-order chi connectivity index (χ1) is 8.81. The maximum atomic E-state index is 4.31. The zero-order valence-electron chi connectivity index (χ0n) is 9.60. The molecule has 1 heterocycles. The van der Waals surface area contributed by atoms with Crippen molar-refractivity contribution in [2.75, 3.05) is 5.32 Å². The highest BCUT2D eigenvalue weighted by Crippen LogP contribution is 2.23. The minimum Gasteiger partial charge on any atom is -0.355 e. The summed E-state index contributed by atoms with van der Waals surface area (Å²) in [4.78, 5) is 4.31. The average Bonchev–Trinajstić information content (AvgIpc) is 2.39. The van der Waals surface area contributed by atoms with Gasteiger partial charge in [-0.2, -0.15) is 0 Å². The van der Waals surface area contributed by atoms with Gasteiger partial charge in [0.05, 0.1) is 5.52 Å². The number of fused-ring (bicyclic) bond motifs is 1. The van der Waals surface area contributed by atoms with Crippen molar-refractivity contribution in [2.45, 2.75) is 0 Å². The van der Waals surface area contributed by atoms with Gasteiger partial charge in [-0.05, 0) is 42.5 Å². The van der Waals surface area contributed by atoms with Crippen LogP contribution in [0.2, 0.25) is 0 Å². The van der Waals surface area contributed by atoms with Crippen molar-refractivity contribution in [3.05, 3.63) is 65.3 Å². The van der Waals surface area contributed by atoms with Gasteiger partial charge in [0.15, 0.2) is 0 Å². The molecule has 0 amide bonds. The second-order valence-corrected chi connectivity index (χ2v) is 4.96. The Hall–Kier alpha value is -1.87. The molecule has 88 valence electrons. The van der Waals surface area contributed by atoms with Gasteiger partial charge in [-0.1, -0.05) is 28.1 Å². The molecular weight excluding hydrogens is 288 g/mol. The number of aromatic nitrogens is 1. The lowest BCUT2D eigenvalue weighted by Crippen LogP contribution is -1.90. The fourth-order valence-corrected chi connectivity index (χ4v) is 2.29. The summed E-state index contributed by atoms with van der Waals surface area (Å²) in [5, 5.41) is 4.52. The Morgan fingerprint density at radius 3 is 2.67 bits per heavy atom. The molecule has 0 atom stereocenters. The van der Waals surface area contributed by atoms with E-state index >= 15 is 0 Å². The standard InChI is InChI=1S/C15H11BrN2/c16-12-4-1-5-13(10-12)18-14-6-7-15-11(9-14)3-2-8-17-15/h1-10,18H. The van der Waals surface area contributed by atoms with Crippen molar-refractivity contribution < 1.29 is 0 Å². The molecule has 0 aliphatic rings. The van der Waals surface area contributed by atoms with E-state index in [2.05, 4.69) is 38.4 Å². The third-order valence-electron chi connectivity index (χ3n) is 2.72. The van der Waals surface area contributed by atoms with E-state index in [0.29, 0.717) is 0 Å². The molecule has 0 aliphatic heterocycles. The van der Waals surface area contributed by atoms with E-state index in [0.717, 1.165) is 26.8 Å². The monoisotopic (exact) mass is 298 g/mol. The molecule has 0 saturated heterocycles. The number of anilines is 2. The Morgan fingerprint density at radius 1 is 0.889 bits per heavy atom. The number of nitrogens with zero attached hydrogens (tertiary/aromatic N) is 1. The van der Waals surface area contributed by atoms with Crippen molar-refractivity contribution in [2.24, 2.45) is 0 Å². The average molecular weight is 299 g/mol. The van der Waals surface area contributed by atoms with Gasteiger partial charge in [-0.3, -0.25) is 4.98 Å². The highest BCUT2D eigenvalue weighted by Gasteiger charge is 1.98. The van der Waals surface area contributed by atoms with Gasteiger partial charge in [-0.15, -0.1) is 0 Å². The molecule has 0 radical (unpaired) electrons. The summed E-state index contributed by atoms with van der Waals surface area (Å²) in [5.74, 6) is 0. The second-order valence-electron chi connectivity index (χ2n) is 4.05. The quantitative estimate of drug-likeness (QED) is 0.739. The van der Waals surface area contributed by atoms with Gasteiger partial charge >= 0.3 is 0 Å². The van der Waals surface area contributed by atoms with Gasteiger partial charge in [0.1, 0.15) is 0 Å².